The highest BCUT2D eigenvalue weighted by Gasteiger charge is 2.14. The Morgan fingerprint density at radius 1 is 1.41 bits per heavy atom. The summed E-state index contributed by atoms with van der Waals surface area (Å²) in [5, 5.41) is 14.8. The number of hydrogen-bond acceptors (Lipinski definition) is 5. The molecule has 2 rings (SSSR count). The van der Waals surface area contributed by atoms with Gasteiger partial charge in [-0.3, -0.25) is 9.59 Å². The number of nitrogens with one attached hydrogen (secondary N) is 2. The smallest absolute Gasteiger partial charge is 0.313 e. The van der Waals surface area contributed by atoms with Gasteiger partial charge in [-0.1, -0.05) is 11.6 Å². The maximum absolute atomic E-state index is 11.8. The summed E-state index contributed by atoms with van der Waals surface area (Å²) in [5.74, 6) is -1.56. The van der Waals surface area contributed by atoms with E-state index in [0.29, 0.717) is 11.3 Å². The van der Waals surface area contributed by atoms with Crippen molar-refractivity contribution in [3.05, 3.63) is 44.9 Å². The molecule has 0 aliphatic carbocycles. The van der Waals surface area contributed by atoms with Crippen molar-refractivity contribution < 1.29 is 9.59 Å². The number of halogens is 1. The summed E-state index contributed by atoms with van der Waals surface area (Å²) >= 11 is 7.30. The van der Waals surface area contributed by atoms with Gasteiger partial charge in [0.05, 0.1) is 22.1 Å². The van der Waals surface area contributed by atoms with Gasteiger partial charge < -0.3 is 10.6 Å². The van der Waals surface area contributed by atoms with Gasteiger partial charge >= 0.3 is 11.8 Å². The van der Waals surface area contributed by atoms with Gasteiger partial charge in [-0.05, 0) is 25.1 Å². The molecule has 2 N–H and O–H groups in total. The number of hydrogen-bond donors (Lipinski definition) is 2. The van der Waals surface area contributed by atoms with E-state index >= 15 is 0 Å². The molecule has 6 nitrogen and oxygen atoms in total. The first-order valence-electron chi connectivity index (χ1n) is 6.19. The summed E-state index contributed by atoms with van der Waals surface area (Å²) in [6.45, 7) is 2.10. The second kappa shape index (κ2) is 7.02. The molecule has 0 spiro atoms. The predicted molar refractivity (Wildman–Crippen MR) is 83.5 cm³/mol. The minimum Gasteiger partial charge on any atom is -0.343 e. The Hall–Kier alpha value is -2.43. The van der Waals surface area contributed by atoms with Crippen molar-refractivity contribution in [3.63, 3.8) is 0 Å². The number of aromatic nitrogens is 1. The number of amides is 2. The van der Waals surface area contributed by atoms with Crippen molar-refractivity contribution >= 4 is 40.4 Å². The summed E-state index contributed by atoms with van der Waals surface area (Å²) in [4.78, 5) is 28.4. The van der Waals surface area contributed by atoms with Crippen LogP contribution in [0.4, 0.5) is 5.69 Å². The Labute approximate surface area is 135 Å². The minimum atomic E-state index is -0.804. The van der Waals surface area contributed by atoms with E-state index in [1.165, 1.54) is 29.5 Å². The van der Waals surface area contributed by atoms with Crippen molar-refractivity contribution in [1.29, 1.82) is 5.26 Å². The fourth-order valence-electron chi connectivity index (χ4n) is 1.61. The summed E-state index contributed by atoms with van der Waals surface area (Å²) in [5.41, 5.74) is 0.641. The van der Waals surface area contributed by atoms with E-state index in [9.17, 15) is 9.59 Å². The fraction of sp³-hybridized carbons (Fsp3) is 0.143. The van der Waals surface area contributed by atoms with Crippen molar-refractivity contribution in [2.24, 2.45) is 0 Å². The van der Waals surface area contributed by atoms with Crippen LogP contribution < -0.4 is 10.6 Å². The van der Waals surface area contributed by atoms with Crippen LogP contribution in [0.15, 0.2) is 24.4 Å². The van der Waals surface area contributed by atoms with Crippen LogP contribution in [0.5, 0.6) is 0 Å². The molecule has 0 bridgehead atoms. The molecule has 0 radical (unpaired) electrons. The molecule has 112 valence electrons. The summed E-state index contributed by atoms with van der Waals surface area (Å²) < 4.78 is 0. The lowest BCUT2D eigenvalue weighted by molar-refractivity contribution is -0.136. The average Bonchev–Trinajstić information content (AvgIpc) is 2.90. The van der Waals surface area contributed by atoms with E-state index in [1.54, 1.807) is 6.20 Å². The summed E-state index contributed by atoms with van der Waals surface area (Å²) in [6, 6.07) is 6.30. The molecule has 0 fully saturated rings. The first kappa shape index (κ1) is 15.9. The van der Waals surface area contributed by atoms with E-state index in [2.05, 4.69) is 15.6 Å². The zero-order valence-corrected chi connectivity index (χ0v) is 13.1. The molecule has 0 atom stereocenters. The molecule has 1 aromatic carbocycles. The zero-order valence-electron chi connectivity index (χ0n) is 11.5. The quantitative estimate of drug-likeness (QED) is 0.841. The van der Waals surface area contributed by atoms with Crippen LogP contribution in [0, 0.1) is 18.3 Å². The number of carbonyl (C=O) groups excluding carboxylic acids is 2. The van der Waals surface area contributed by atoms with Crippen molar-refractivity contribution in [2.75, 3.05) is 5.32 Å². The maximum atomic E-state index is 11.8. The van der Waals surface area contributed by atoms with Gasteiger partial charge in [-0.15, -0.1) is 11.3 Å². The number of thiazole rings is 1. The highest BCUT2D eigenvalue weighted by Crippen LogP contribution is 2.20. The van der Waals surface area contributed by atoms with Gasteiger partial charge in [-0.25, -0.2) is 4.98 Å². The molecule has 0 saturated carbocycles. The normalized spacial score (nSPS) is 9.86. The highest BCUT2D eigenvalue weighted by atomic mass is 35.5. The Kier molecular flexibility index (Phi) is 5.09. The van der Waals surface area contributed by atoms with Gasteiger partial charge in [0.2, 0.25) is 0 Å². The van der Waals surface area contributed by atoms with E-state index < -0.39 is 11.8 Å². The molecule has 22 heavy (non-hydrogen) atoms. The molecule has 0 saturated heterocycles. The third-order valence-corrected chi connectivity index (χ3v) is 3.87. The molecule has 0 aliphatic rings. The van der Waals surface area contributed by atoms with Crippen LogP contribution in [0.2, 0.25) is 5.02 Å². The largest absolute Gasteiger partial charge is 0.343 e. The molecule has 0 aliphatic heterocycles. The molecule has 1 heterocycles. The molecule has 2 aromatic rings. The van der Waals surface area contributed by atoms with E-state index in [0.717, 1.165) is 9.88 Å². The molecular weight excluding hydrogens is 324 g/mol. The minimum absolute atomic E-state index is 0.209. The molecule has 2 amide bonds. The number of carbonyl (C=O) groups is 2. The second-order valence-electron chi connectivity index (χ2n) is 4.29. The van der Waals surface area contributed by atoms with Gasteiger partial charge in [0, 0.05) is 16.8 Å². The van der Waals surface area contributed by atoms with Crippen LogP contribution in [-0.2, 0) is 16.1 Å². The van der Waals surface area contributed by atoms with Crippen LogP contribution in [0.1, 0.15) is 15.4 Å². The number of anilines is 1. The van der Waals surface area contributed by atoms with Crippen LogP contribution in [0.25, 0.3) is 0 Å². The highest BCUT2D eigenvalue weighted by molar-refractivity contribution is 7.11. The number of benzene rings is 1. The van der Waals surface area contributed by atoms with E-state index in [1.807, 2.05) is 13.0 Å². The Morgan fingerprint density at radius 2 is 2.18 bits per heavy atom. The van der Waals surface area contributed by atoms with E-state index in [-0.39, 0.29) is 11.6 Å². The van der Waals surface area contributed by atoms with Crippen LogP contribution >= 0.6 is 22.9 Å². The lowest BCUT2D eigenvalue weighted by atomic mass is 10.2. The van der Waals surface area contributed by atoms with Crippen LogP contribution in [-0.4, -0.2) is 16.8 Å². The van der Waals surface area contributed by atoms with Gasteiger partial charge in [0.15, 0.2) is 0 Å². The SMILES string of the molecule is Cc1ncc(CNC(=O)C(=O)Nc2ccc(C#N)c(Cl)c2)s1. The first-order chi connectivity index (χ1) is 10.5. The van der Waals surface area contributed by atoms with Crippen LogP contribution in [0.3, 0.4) is 0 Å². The Balaban J connectivity index is 1.92. The number of nitrogens with zero attached hydrogens (tertiary/aromatic N) is 2. The fourth-order valence-corrected chi connectivity index (χ4v) is 2.56. The van der Waals surface area contributed by atoms with Crippen molar-refractivity contribution in [2.45, 2.75) is 13.5 Å². The molecular formula is C14H11ClN4O2S. The lowest BCUT2D eigenvalue weighted by Crippen LogP contribution is -2.34. The molecule has 8 heteroatoms. The second-order valence-corrected chi connectivity index (χ2v) is 6.02. The monoisotopic (exact) mass is 334 g/mol. The topological polar surface area (TPSA) is 94.9 Å². The van der Waals surface area contributed by atoms with Gasteiger partial charge in [0.1, 0.15) is 6.07 Å². The van der Waals surface area contributed by atoms with Crippen molar-refractivity contribution in [1.82, 2.24) is 10.3 Å². The third kappa shape index (κ3) is 4.04. The zero-order chi connectivity index (χ0) is 16.1. The average molecular weight is 335 g/mol. The Bertz CT molecular complexity index is 766. The Morgan fingerprint density at radius 3 is 2.77 bits per heavy atom. The van der Waals surface area contributed by atoms with E-state index in [4.69, 9.17) is 16.9 Å². The molecule has 1 aromatic heterocycles. The predicted octanol–water partition coefficient (Wildman–Crippen LogP) is 2.23. The van der Waals surface area contributed by atoms with Gasteiger partial charge in [0.25, 0.3) is 0 Å². The standard InChI is InChI=1S/C14H11ClN4O2S/c1-8-17-6-11(22-8)7-18-13(20)14(21)19-10-3-2-9(5-16)12(15)4-10/h2-4,6H,7H2,1H3,(H,18,20)(H,19,21). The van der Waals surface area contributed by atoms with Gasteiger partial charge in [-0.2, -0.15) is 5.26 Å². The summed E-state index contributed by atoms with van der Waals surface area (Å²) in [6.07, 6.45) is 1.65. The third-order valence-electron chi connectivity index (χ3n) is 2.65. The molecule has 0 unspecified atom stereocenters. The lowest BCUT2D eigenvalue weighted by Gasteiger charge is -2.06. The summed E-state index contributed by atoms with van der Waals surface area (Å²) in [7, 11) is 0. The maximum Gasteiger partial charge on any atom is 0.313 e. The number of nitriles is 1. The number of rotatable bonds is 3. The number of aryl methyl sites for hydroxylation is 1. The first-order valence-corrected chi connectivity index (χ1v) is 7.39. The van der Waals surface area contributed by atoms with Crippen molar-refractivity contribution in [3.8, 4) is 6.07 Å².